The lowest BCUT2D eigenvalue weighted by Gasteiger charge is -2.16. The largest absolute Gasteiger partial charge is 0.494 e. The molecule has 0 saturated heterocycles. The van der Waals surface area contributed by atoms with Gasteiger partial charge in [0, 0.05) is 18.2 Å². The third-order valence-corrected chi connectivity index (χ3v) is 4.25. The average molecular weight is 297 g/mol. The average Bonchev–Trinajstić information content (AvgIpc) is 2.72. The van der Waals surface area contributed by atoms with E-state index in [2.05, 4.69) is 18.8 Å². The zero-order valence-corrected chi connectivity index (χ0v) is 12.8. The van der Waals surface area contributed by atoms with E-state index in [1.807, 2.05) is 16.3 Å². The molecule has 6 heteroatoms. The molecule has 0 spiro atoms. The number of methoxy groups -OCH3 is 1. The number of fused-ring (bicyclic) bond motifs is 1. The van der Waals surface area contributed by atoms with Gasteiger partial charge in [-0.1, -0.05) is 6.92 Å². The van der Waals surface area contributed by atoms with E-state index in [0.717, 1.165) is 23.4 Å². The van der Waals surface area contributed by atoms with Crippen LogP contribution in [0.25, 0.3) is 11.0 Å². The van der Waals surface area contributed by atoms with Crippen molar-refractivity contribution in [3.8, 4) is 5.75 Å². The Morgan fingerprint density at radius 3 is 2.90 bits per heavy atom. The number of hydrogen-bond acceptors (Lipinski definition) is 4. The zero-order chi connectivity index (χ0) is 14.7. The van der Waals surface area contributed by atoms with Crippen LogP contribution in [0.3, 0.4) is 0 Å². The number of imidazole rings is 1. The molecule has 0 radical (unpaired) electrons. The third-order valence-electron chi connectivity index (χ3n) is 3.32. The van der Waals surface area contributed by atoms with Crippen LogP contribution >= 0.6 is 11.8 Å². The quantitative estimate of drug-likeness (QED) is 0.830. The Bertz CT molecular complexity index is 600. The Labute approximate surface area is 122 Å². The van der Waals surface area contributed by atoms with Gasteiger partial charge in [-0.25, -0.2) is 9.37 Å². The summed E-state index contributed by atoms with van der Waals surface area (Å²) >= 11 is 1.90. The van der Waals surface area contributed by atoms with Gasteiger partial charge in [0.05, 0.1) is 18.1 Å². The fourth-order valence-corrected chi connectivity index (χ4v) is 3.06. The molecule has 1 aromatic heterocycles. The molecule has 2 rings (SSSR count). The minimum absolute atomic E-state index is 0.216. The molecule has 2 aromatic rings. The van der Waals surface area contributed by atoms with Gasteiger partial charge in [0.15, 0.2) is 11.6 Å². The maximum absolute atomic E-state index is 13.7. The number of halogens is 1. The fraction of sp³-hybridized carbons (Fsp3) is 0.500. The predicted molar refractivity (Wildman–Crippen MR) is 83.0 cm³/mol. The summed E-state index contributed by atoms with van der Waals surface area (Å²) in [5.74, 6) is 2.38. The first-order valence-electron chi connectivity index (χ1n) is 6.67. The van der Waals surface area contributed by atoms with Crippen LogP contribution in [0, 0.1) is 5.82 Å². The number of ether oxygens (including phenoxy) is 1. The van der Waals surface area contributed by atoms with E-state index in [1.54, 1.807) is 6.07 Å². The standard InChI is InChI=1S/C14H20FN3OS/c1-4-20-6-5-9(2)18-12-8-13(19-3)10(15)7-11(12)17-14(18)16/h7-9H,4-6H2,1-3H3,(H2,16,17). The Hall–Kier alpha value is -1.43. The normalized spacial score (nSPS) is 12.8. The smallest absolute Gasteiger partial charge is 0.201 e. The van der Waals surface area contributed by atoms with Crippen LogP contribution < -0.4 is 10.5 Å². The number of hydrogen-bond donors (Lipinski definition) is 1. The molecular weight excluding hydrogens is 277 g/mol. The van der Waals surface area contributed by atoms with Crippen molar-refractivity contribution < 1.29 is 9.13 Å². The van der Waals surface area contributed by atoms with Crippen molar-refractivity contribution in [1.29, 1.82) is 0 Å². The van der Waals surface area contributed by atoms with Crippen LogP contribution in [0.2, 0.25) is 0 Å². The first-order chi connectivity index (χ1) is 9.58. The van der Waals surface area contributed by atoms with E-state index in [0.29, 0.717) is 11.5 Å². The second-order valence-corrected chi connectivity index (χ2v) is 6.04. The van der Waals surface area contributed by atoms with E-state index in [-0.39, 0.29) is 11.8 Å². The molecule has 1 unspecified atom stereocenters. The second kappa shape index (κ2) is 6.35. The lowest BCUT2D eigenvalue weighted by Crippen LogP contribution is -2.10. The van der Waals surface area contributed by atoms with Gasteiger partial charge < -0.3 is 15.0 Å². The summed E-state index contributed by atoms with van der Waals surface area (Å²) in [4.78, 5) is 4.24. The Kier molecular flexibility index (Phi) is 4.75. The highest BCUT2D eigenvalue weighted by molar-refractivity contribution is 7.99. The molecule has 20 heavy (non-hydrogen) atoms. The number of rotatable bonds is 6. The van der Waals surface area contributed by atoms with Gasteiger partial charge in [-0.05, 0) is 24.9 Å². The van der Waals surface area contributed by atoms with Crippen LogP contribution in [-0.2, 0) is 0 Å². The van der Waals surface area contributed by atoms with Crippen molar-refractivity contribution in [1.82, 2.24) is 9.55 Å². The third kappa shape index (κ3) is 2.85. The van der Waals surface area contributed by atoms with Gasteiger partial charge in [-0.3, -0.25) is 0 Å². The molecule has 110 valence electrons. The van der Waals surface area contributed by atoms with Crippen LogP contribution in [0.5, 0.6) is 5.75 Å². The first kappa shape index (κ1) is 15.0. The summed E-state index contributed by atoms with van der Waals surface area (Å²) in [6.07, 6.45) is 0.994. The number of nitrogens with zero attached hydrogens (tertiary/aromatic N) is 2. The molecule has 0 amide bonds. The molecule has 1 aromatic carbocycles. The Balaban J connectivity index is 2.39. The van der Waals surface area contributed by atoms with Gasteiger partial charge in [-0.15, -0.1) is 0 Å². The van der Waals surface area contributed by atoms with Gasteiger partial charge >= 0.3 is 0 Å². The van der Waals surface area contributed by atoms with Crippen LogP contribution in [0.4, 0.5) is 10.3 Å². The van der Waals surface area contributed by atoms with Crippen molar-refractivity contribution >= 4 is 28.7 Å². The number of nitrogen functional groups attached to an aromatic ring is 1. The van der Waals surface area contributed by atoms with Crippen molar-refractivity contribution in [2.45, 2.75) is 26.3 Å². The van der Waals surface area contributed by atoms with Gasteiger partial charge in [0.2, 0.25) is 5.95 Å². The zero-order valence-electron chi connectivity index (χ0n) is 12.0. The van der Waals surface area contributed by atoms with Gasteiger partial charge in [0.1, 0.15) is 0 Å². The Morgan fingerprint density at radius 2 is 2.25 bits per heavy atom. The summed E-state index contributed by atoms with van der Waals surface area (Å²) < 4.78 is 20.7. The fourth-order valence-electron chi connectivity index (χ4n) is 2.26. The minimum Gasteiger partial charge on any atom is -0.494 e. The van der Waals surface area contributed by atoms with Crippen molar-refractivity contribution in [3.05, 3.63) is 17.9 Å². The molecule has 0 fully saturated rings. The molecule has 0 bridgehead atoms. The second-order valence-electron chi connectivity index (χ2n) is 4.65. The highest BCUT2D eigenvalue weighted by Gasteiger charge is 2.16. The molecule has 4 nitrogen and oxygen atoms in total. The first-order valence-corrected chi connectivity index (χ1v) is 7.82. The van der Waals surface area contributed by atoms with E-state index in [1.165, 1.54) is 13.2 Å². The van der Waals surface area contributed by atoms with Crippen molar-refractivity contribution in [2.75, 3.05) is 24.3 Å². The van der Waals surface area contributed by atoms with Crippen LogP contribution in [0.1, 0.15) is 26.3 Å². The van der Waals surface area contributed by atoms with Crippen molar-refractivity contribution in [2.24, 2.45) is 0 Å². The number of benzene rings is 1. The lowest BCUT2D eigenvalue weighted by atomic mass is 10.2. The summed E-state index contributed by atoms with van der Waals surface area (Å²) in [6, 6.07) is 3.25. The maximum atomic E-state index is 13.7. The SMILES string of the molecule is CCSCCC(C)n1c(N)nc2cc(F)c(OC)cc21. The van der Waals surface area contributed by atoms with Crippen molar-refractivity contribution in [3.63, 3.8) is 0 Å². The van der Waals surface area contributed by atoms with E-state index < -0.39 is 5.82 Å². The molecule has 2 N–H and O–H groups in total. The van der Waals surface area contributed by atoms with Crippen LogP contribution in [-0.4, -0.2) is 28.2 Å². The molecule has 1 heterocycles. The summed E-state index contributed by atoms with van der Waals surface area (Å²) in [5, 5.41) is 0. The number of aromatic nitrogens is 2. The minimum atomic E-state index is -0.418. The summed E-state index contributed by atoms with van der Waals surface area (Å²) in [5.41, 5.74) is 7.36. The number of nitrogens with two attached hydrogens (primary N) is 1. The Morgan fingerprint density at radius 1 is 1.50 bits per heavy atom. The highest BCUT2D eigenvalue weighted by Crippen LogP contribution is 2.30. The van der Waals surface area contributed by atoms with E-state index in [4.69, 9.17) is 10.5 Å². The predicted octanol–water partition coefficient (Wildman–Crippen LogP) is 3.47. The van der Waals surface area contributed by atoms with E-state index in [9.17, 15) is 4.39 Å². The highest BCUT2D eigenvalue weighted by atomic mass is 32.2. The molecule has 0 saturated carbocycles. The lowest BCUT2D eigenvalue weighted by molar-refractivity contribution is 0.387. The van der Waals surface area contributed by atoms with Gasteiger partial charge in [-0.2, -0.15) is 11.8 Å². The summed E-state index contributed by atoms with van der Waals surface area (Å²) in [7, 11) is 1.45. The van der Waals surface area contributed by atoms with Gasteiger partial charge in [0.25, 0.3) is 0 Å². The maximum Gasteiger partial charge on any atom is 0.201 e. The van der Waals surface area contributed by atoms with E-state index >= 15 is 0 Å². The molecule has 1 atom stereocenters. The molecular formula is C14H20FN3OS. The topological polar surface area (TPSA) is 53.1 Å². The molecule has 0 aliphatic rings. The number of thioether (sulfide) groups is 1. The molecule has 0 aliphatic heterocycles. The summed E-state index contributed by atoms with van der Waals surface area (Å²) in [6.45, 7) is 4.24. The monoisotopic (exact) mass is 297 g/mol. The number of anilines is 1. The molecule has 0 aliphatic carbocycles. The van der Waals surface area contributed by atoms with Crippen LogP contribution in [0.15, 0.2) is 12.1 Å².